The summed E-state index contributed by atoms with van der Waals surface area (Å²) in [7, 11) is -0.520. The summed E-state index contributed by atoms with van der Waals surface area (Å²) in [5.74, 6) is 0.725. The summed E-state index contributed by atoms with van der Waals surface area (Å²) in [4.78, 5) is 13.5. The van der Waals surface area contributed by atoms with Gasteiger partial charge in [-0.15, -0.1) is 11.8 Å². The molecular formula is C18H22N2O3S2. The van der Waals surface area contributed by atoms with Crippen LogP contribution in [0.2, 0.25) is 0 Å². The number of carbonyl (C=O) groups is 1. The fourth-order valence-corrected chi connectivity index (χ4v) is 3.85. The number of thioether (sulfide) groups is 1. The molecule has 2 aromatic rings. The van der Waals surface area contributed by atoms with E-state index in [1.807, 2.05) is 18.2 Å². The first-order chi connectivity index (χ1) is 11.9. The van der Waals surface area contributed by atoms with E-state index in [0.717, 1.165) is 16.5 Å². The van der Waals surface area contributed by atoms with Gasteiger partial charge in [0.1, 0.15) is 0 Å². The Bertz CT molecular complexity index is 789. The van der Waals surface area contributed by atoms with Crippen molar-refractivity contribution >= 4 is 27.7 Å². The van der Waals surface area contributed by atoms with Gasteiger partial charge in [0.05, 0.1) is 4.90 Å². The van der Waals surface area contributed by atoms with Crippen molar-refractivity contribution in [1.29, 1.82) is 0 Å². The summed E-state index contributed by atoms with van der Waals surface area (Å²) in [6, 6.07) is 16.1. The van der Waals surface area contributed by atoms with E-state index < -0.39 is 10.0 Å². The summed E-state index contributed by atoms with van der Waals surface area (Å²) >= 11 is 1.75. The standard InChI is InChI=1S/C18H22N2O3S2/c1-20(2)25(22,23)17-11-9-15(10-12-17)18(21)19-13-6-14-24-16-7-4-3-5-8-16/h3-5,7-12H,6,13-14H2,1-2H3,(H,19,21). The van der Waals surface area contributed by atoms with Crippen LogP contribution in [0, 0.1) is 0 Å². The minimum atomic E-state index is -3.47. The molecule has 0 saturated heterocycles. The minimum absolute atomic E-state index is 0.174. The lowest BCUT2D eigenvalue weighted by molar-refractivity contribution is 0.0953. The van der Waals surface area contributed by atoms with Crippen LogP contribution in [0.25, 0.3) is 0 Å². The Kier molecular flexibility index (Phi) is 7.04. The normalized spacial score (nSPS) is 11.5. The molecule has 25 heavy (non-hydrogen) atoms. The Morgan fingerprint density at radius 3 is 2.28 bits per heavy atom. The SMILES string of the molecule is CN(C)S(=O)(=O)c1ccc(C(=O)NCCCSc2ccccc2)cc1. The summed E-state index contributed by atoms with van der Waals surface area (Å²) in [5, 5.41) is 2.85. The van der Waals surface area contributed by atoms with Crippen molar-refractivity contribution in [1.82, 2.24) is 9.62 Å². The number of sulfonamides is 1. The monoisotopic (exact) mass is 378 g/mol. The van der Waals surface area contributed by atoms with Gasteiger partial charge >= 0.3 is 0 Å². The minimum Gasteiger partial charge on any atom is -0.352 e. The molecule has 0 saturated carbocycles. The van der Waals surface area contributed by atoms with Crippen molar-refractivity contribution in [3.05, 3.63) is 60.2 Å². The third-order valence-electron chi connectivity index (χ3n) is 3.51. The van der Waals surface area contributed by atoms with E-state index in [9.17, 15) is 13.2 Å². The quantitative estimate of drug-likeness (QED) is 0.567. The third kappa shape index (κ3) is 5.59. The number of hydrogen-bond acceptors (Lipinski definition) is 4. The van der Waals surface area contributed by atoms with Gasteiger partial charge in [-0.1, -0.05) is 18.2 Å². The van der Waals surface area contributed by atoms with Crippen molar-refractivity contribution in [2.24, 2.45) is 0 Å². The average Bonchev–Trinajstić information content (AvgIpc) is 2.62. The molecule has 7 heteroatoms. The van der Waals surface area contributed by atoms with Crippen LogP contribution in [0.1, 0.15) is 16.8 Å². The average molecular weight is 379 g/mol. The van der Waals surface area contributed by atoms with Gasteiger partial charge in [-0.2, -0.15) is 0 Å². The van der Waals surface area contributed by atoms with E-state index >= 15 is 0 Å². The highest BCUT2D eigenvalue weighted by Crippen LogP contribution is 2.17. The van der Waals surface area contributed by atoms with Crippen LogP contribution in [0.5, 0.6) is 0 Å². The molecule has 0 aromatic heterocycles. The molecule has 2 aromatic carbocycles. The van der Waals surface area contributed by atoms with E-state index in [4.69, 9.17) is 0 Å². The molecule has 0 fully saturated rings. The zero-order valence-corrected chi connectivity index (χ0v) is 15.9. The molecule has 134 valence electrons. The molecule has 2 rings (SSSR count). The fourth-order valence-electron chi connectivity index (χ4n) is 2.07. The Morgan fingerprint density at radius 1 is 1.04 bits per heavy atom. The maximum atomic E-state index is 12.1. The first-order valence-corrected chi connectivity index (χ1v) is 10.3. The second-order valence-corrected chi connectivity index (χ2v) is 8.90. The molecule has 0 bridgehead atoms. The van der Waals surface area contributed by atoms with Gasteiger partial charge in [-0.3, -0.25) is 4.79 Å². The van der Waals surface area contributed by atoms with E-state index in [2.05, 4.69) is 17.4 Å². The first kappa shape index (κ1) is 19.5. The largest absolute Gasteiger partial charge is 0.352 e. The summed E-state index contributed by atoms with van der Waals surface area (Å²) in [5.41, 5.74) is 0.452. The van der Waals surface area contributed by atoms with Gasteiger partial charge in [0.15, 0.2) is 0 Å². The van der Waals surface area contributed by atoms with Crippen LogP contribution in [-0.4, -0.2) is 45.0 Å². The maximum Gasteiger partial charge on any atom is 0.251 e. The lowest BCUT2D eigenvalue weighted by atomic mass is 10.2. The topological polar surface area (TPSA) is 66.5 Å². The summed E-state index contributed by atoms with van der Waals surface area (Å²) in [6.07, 6.45) is 0.860. The molecule has 0 spiro atoms. The van der Waals surface area contributed by atoms with Crippen LogP contribution >= 0.6 is 11.8 Å². The summed E-state index contributed by atoms with van der Waals surface area (Å²) < 4.78 is 25.1. The highest BCUT2D eigenvalue weighted by molar-refractivity contribution is 7.99. The number of rotatable bonds is 8. The van der Waals surface area contributed by atoms with Gasteiger partial charge in [-0.05, 0) is 48.6 Å². The molecule has 0 atom stereocenters. The second kappa shape index (κ2) is 9.03. The number of amides is 1. The zero-order valence-electron chi connectivity index (χ0n) is 14.3. The van der Waals surface area contributed by atoms with Crippen LogP contribution < -0.4 is 5.32 Å². The molecule has 0 heterocycles. The Hall–Kier alpha value is -1.83. The number of nitrogens with one attached hydrogen (secondary N) is 1. The molecule has 0 unspecified atom stereocenters. The second-order valence-electron chi connectivity index (χ2n) is 5.58. The van der Waals surface area contributed by atoms with Crippen LogP contribution in [0.3, 0.4) is 0 Å². The highest BCUT2D eigenvalue weighted by atomic mass is 32.2. The predicted molar refractivity (Wildman–Crippen MR) is 101 cm³/mol. The van der Waals surface area contributed by atoms with Gasteiger partial charge < -0.3 is 5.32 Å². The smallest absolute Gasteiger partial charge is 0.251 e. The fraction of sp³-hybridized carbons (Fsp3) is 0.278. The Balaban J connectivity index is 1.79. The predicted octanol–water partition coefficient (Wildman–Crippen LogP) is 2.85. The molecule has 1 N–H and O–H groups in total. The van der Waals surface area contributed by atoms with Crippen molar-refractivity contribution in [2.45, 2.75) is 16.2 Å². The number of benzene rings is 2. The Morgan fingerprint density at radius 2 is 1.68 bits per heavy atom. The van der Waals surface area contributed by atoms with Gasteiger partial charge in [0.25, 0.3) is 5.91 Å². The molecule has 0 aliphatic heterocycles. The van der Waals surface area contributed by atoms with Crippen LogP contribution in [-0.2, 0) is 10.0 Å². The molecule has 0 radical (unpaired) electrons. The van der Waals surface area contributed by atoms with Gasteiger partial charge in [0, 0.05) is 31.1 Å². The number of nitrogens with zero attached hydrogens (tertiary/aromatic N) is 1. The highest BCUT2D eigenvalue weighted by Gasteiger charge is 2.17. The summed E-state index contributed by atoms with van der Waals surface area (Å²) in [6.45, 7) is 0.580. The van der Waals surface area contributed by atoms with E-state index in [1.165, 1.54) is 43.3 Å². The number of carbonyl (C=O) groups excluding carboxylic acids is 1. The third-order valence-corrected chi connectivity index (χ3v) is 6.44. The molecule has 5 nitrogen and oxygen atoms in total. The van der Waals surface area contributed by atoms with Crippen LogP contribution in [0.15, 0.2) is 64.4 Å². The lowest BCUT2D eigenvalue weighted by Crippen LogP contribution is -2.25. The Labute approximate surface area is 153 Å². The maximum absolute atomic E-state index is 12.1. The van der Waals surface area contributed by atoms with E-state index in [0.29, 0.717) is 12.1 Å². The van der Waals surface area contributed by atoms with E-state index in [-0.39, 0.29) is 10.8 Å². The molecular weight excluding hydrogens is 356 g/mol. The van der Waals surface area contributed by atoms with Crippen molar-refractivity contribution in [3.8, 4) is 0 Å². The number of hydrogen-bond donors (Lipinski definition) is 1. The first-order valence-electron chi connectivity index (χ1n) is 7.90. The molecule has 0 aliphatic carbocycles. The van der Waals surface area contributed by atoms with Crippen molar-refractivity contribution < 1.29 is 13.2 Å². The van der Waals surface area contributed by atoms with Crippen molar-refractivity contribution in [2.75, 3.05) is 26.4 Å². The van der Waals surface area contributed by atoms with Gasteiger partial charge in [-0.25, -0.2) is 12.7 Å². The van der Waals surface area contributed by atoms with E-state index in [1.54, 1.807) is 11.8 Å². The molecule has 1 amide bonds. The van der Waals surface area contributed by atoms with Crippen molar-refractivity contribution in [3.63, 3.8) is 0 Å². The lowest BCUT2D eigenvalue weighted by Gasteiger charge is -2.11. The van der Waals surface area contributed by atoms with Gasteiger partial charge in [0.2, 0.25) is 10.0 Å². The molecule has 0 aliphatic rings. The van der Waals surface area contributed by atoms with Crippen LogP contribution in [0.4, 0.5) is 0 Å². The zero-order chi connectivity index (χ0) is 18.3.